The van der Waals surface area contributed by atoms with E-state index in [1.165, 1.54) is 0 Å². The van der Waals surface area contributed by atoms with Crippen LogP contribution in [0.1, 0.15) is 45.2 Å². The van der Waals surface area contributed by atoms with Gasteiger partial charge in [0.25, 0.3) is 0 Å². The van der Waals surface area contributed by atoms with Gasteiger partial charge in [0.05, 0.1) is 16.3 Å². The second kappa shape index (κ2) is 7.12. The number of rotatable bonds is 7. The van der Waals surface area contributed by atoms with Crippen molar-refractivity contribution in [1.29, 1.82) is 0 Å². The van der Waals surface area contributed by atoms with E-state index in [9.17, 15) is 4.79 Å². The van der Waals surface area contributed by atoms with Crippen molar-refractivity contribution in [2.75, 3.05) is 5.75 Å². The number of aromatic amines is 1. The Morgan fingerprint density at radius 1 is 1.24 bits per heavy atom. The lowest BCUT2D eigenvalue weighted by Crippen LogP contribution is -2.12. The molecule has 0 aliphatic rings. The van der Waals surface area contributed by atoms with Gasteiger partial charge in [0, 0.05) is 12.3 Å². The van der Waals surface area contributed by atoms with Crippen LogP contribution < -0.4 is 0 Å². The molecule has 0 bridgehead atoms. The van der Waals surface area contributed by atoms with Gasteiger partial charge in [0.1, 0.15) is 11.6 Å². The Morgan fingerprint density at radius 3 is 2.57 bits per heavy atom. The Hall–Kier alpha value is -1.29. The number of benzene rings is 1. The molecule has 0 spiro atoms. The molecule has 1 unspecified atom stereocenters. The molecule has 2 rings (SSSR count). The van der Waals surface area contributed by atoms with Gasteiger partial charge >= 0.3 is 0 Å². The summed E-state index contributed by atoms with van der Waals surface area (Å²) in [6.45, 7) is 8.33. The van der Waals surface area contributed by atoms with Crippen LogP contribution in [0.25, 0.3) is 11.0 Å². The first-order valence-corrected chi connectivity index (χ1v) is 8.61. The molecule has 114 valence electrons. The number of imidazole rings is 1. The summed E-state index contributed by atoms with van der Waals surface area (Å²) >= 11 is 1.83. The van der Waals surface area contributed by atoms with Gasteiger partial charge in [-0.3, -0.25) is 4.79 Å². The minimum Gasteiger partial charge on any atom is -0.341 e. The Bertz CT molecular complexity index is 571. The maximum atomic E-state index is 12.1. The number of H-pyrrole nitrogens is 1. The lowest BCUT2D eigenvalue weighted by atomic mass is 10.0. The standard InChI is InChI=1S/C17H24N2OS/c1-11(2)10-21-16(9-15(20)12(3)4)17-18-13-7-5-6-8-14(13)19-17/h5-8,11-12,16H,9-10H2,1-4H3,(H,18,19). The fraction of sp³-hybridized carbons (Fsp3) is 0.529. The quantitative estimate of drug-likeness (QED) is 0.812. The van der Waals surface area contributed by atoms with E-state index in [-0.39, 0.29) is 11.2 Å². The van der Waals surface area contributed by atoms with E-state index in [1.807, 2.05) is 49.9 Å². The smallest absolute Gasteiger partial charge is 0.136 e. The Morgan fingerprint density at radius 2 is 1.95 bits per heavy atom. The zero-order valence-electron chi connectivity index (χ0n) is 13.2. The zero-order chi connectivity index (χ0) is 15.4. The molecule has 4 heteroatoms. The summed E-state index contributed by atoms with van der Waals surface area (Å²) in [4.78, 5) is 20.2. The normalized spacial score (nSPS) is 13.2. The fourth-order valence-corrected chi connectivity index (χ4v) is 3.26. The van der Waals surface area contributed by atoms with Gasteiger partial charge in [-0.2, -0.15) is 0 Å². The average Bonchev–Trinajstić information content (AvgIpc) is 2.86. The van der Waals surface area contributed by atoms with Crippen molar-refractivity contribution < 1.29 is 4.79 Å². The van der Waals surface area contributed by atoms with Crippen LogP contribution in [0.5, 0.6) is 0 Å². The SMILES string of the molecule is CC(C)CSC(CC(=O)C(C)C)c1nc2ccccc2[nH]1. The molecule has 1 aromatic carbocycles. The molecule has 2 aromatic rings. The monoisotopic (exact) mass is 304 g/mol. The number of ketones is 1. The van der Waals surface area contributed by atoms with Gasteiger partial charge in [-0.05, 0) is 23.8 Å². The third-order valence-electron chi connectivity index (χ3n) is 3.37. The largest absolute Gasteiger partial charge is 0.341 e. The van der Waals surface area contributed by atoms with Crippen molar-refractivity contribution in [3.8, 4) is 0 Å². The summed E-state index contributed by atoms with van der Waals surface area (Å²) in [5, 5.41) is 0.120. The molecule has 0 radical (unpaired) electrons. The second-order valence-electron chi connectivity index (χ2n) is 6.18. The molecule has 21 heavy (non-hydrogen) atoms. The number of para-hydroxylation sites is 2. The maximum absolute atomic E-state index is 12.1. The van der Waals surface area contributed by atoms with Crippen LogP contribution in [0, 0.1) is 11.8 Å². The summed E-state index contributed by atoms with van der Waals surface area (Å²) in [5.41, 5.74) is 2.01. The van der Waals surface area contributed by atoms with Crippen LogP contribution in [0.2, 0.25) is 0 Å². The molecule has 3 nitrogen and oxygen atoms in total. The third-order valence-corrected chi connectivity index (χ3v) is 5.03. The van der Waals surface area contributed by atoms with Crippen LogP contribution in [0.4, 0.5) is 0 Å². The van der Waals surface area contributed by atoms with Gasteiger partial charge in [-0.15, -0.1) is 11.8 Å². The predicted molar refractivity (Wildman–Crippen MR) is 90.6 cm³/mol. The third kappa shape index (κ3) is 4.34. The molecular weight excluding hydrogens is 280 g/mol. The van der Waals surface area contributed by atoms with E-state index in [4.69, 9.17) is 0 Å². The Labute approximate surface area is 130 Å². The van der Waals surface area contributed by atoms with Crippen molar-refractivity contribution in [3.05, 3.63) is 30.1 Å². The van der Waals surface area contributed by atoms with E-state index >= 15 is 0 Å². The Balaban J connectivity index is 2.22. The van der Waals surface area contributed by atoms with E-state index in [0.717, 1.165) is 22.6 Å². The number of hydrogen-bond acceptors (Lipinski definition) is 3. The van der Waals surface area contributed by atoms with E-state index < -0.39 is 0 Å². The van der Waals surface area contributed by atoms with Crippen LogP contribution in [0.3, 0.4) is 0 Å². The maximum Gasteiger partial charge on any atom is 0.136 e. The molecule has 1 aromatic heterocycles. The van der Waals surface area contributed by atoms with Crippen LogP contribution in [-0.4, -0.2) is 21.5 Å². The van der Waals surface area contributed by atoms with Crippen molar-refractivity contribution in [1.82, 2.24) is 9.97 Å². The molecule has 0 aliphatic carbocycles. The summed E-state index contributed by atoms with van der Waals surface area (Å²) in [7, 11) is 0. The summed E-state index contributed by atoms with van der Waals surface area (Å²) in [6.07, 6.45) is 0.550. The Kier molecular flexibility index (Phi) is 5.45. The summed E-state index contributed by atoms with van der Waals surface area (Å²) < 4.78 is 0. The number of nitrogens with one attached hydrogen (secondary N) is 1. The molecule has 0 amide bonds. The van der Waals surface area contributed by atoms with Gasteiger partial charge in [-0.1, -0.05) is 39.8 Å². The average molecular weight is 304 g/mol. The first-order valence-electron chi connectivity index (χ1n) is 7.56. The predicted octanol–water partition coefficient (Wildman–Crippen LogP) is 4.61. The van der Waals surface area contributed by atoms with Gasteiger partial charge < -0.3 is 4.98 Å². The van der Waals surface area contributed by atoms with Crippen molar-refractivity contribution >= 4 is 28.6 Å². The summed E-state index contributed by atoms with van der Waals surface area (Å²) in [5.74, 6) is 2.95. The molecule has 0 fully saturated rings. The molecule has 0 saturated heterocycles. The van der Waals surface area contributed by atoms with Gasteiger partial charge in [0.2, 0.25) is 0 Å². The number of nitrogens with zero attached hydrogens (tertiary/aromatic N) is 1. The number of thioether (sulfide) groups is 1. The highest BCUT2D eigenvalue weighted by molar-refractivity contribution is 7.99. The van der Waals surface area contributed by atoms with Crippen molar-refractivity contribution in [2.45, 2.75) is 39.4 Å². The van der Waals surface area contributed by atoms with Crippen LogP contribution in [0.15, 0.2) is 24.3 Å². The molecule has 0 saturated carbocycles. The second-order valence-corrected chi connectivity index (χ2v) is 7.42. The number of aromatic nitrogens is 2. The van der Waals surface area contributed by atoms with Gasteiger partial charge in [0.15, 0.2) is 0 Å². The highest BCUT2D eigenvalue weighted by Crippen LogP contribution is 2.33. The number of fused-ring (bicyclic) bond motifs is 1. The fourth-order valence-electron chi connectivity index (χ4n) is 2.09. The van der Waals surface area contributed by atoms with E-state index in [1.54, 1.807) is 0 Å². The first kappa shape index (κ1) is 16.1. The van der Waals surface area contributed by atoms with Crippen molar-refractivity contribution in [2.24, 2.45) is 11.8 Å². The van der Waals surface area contributed by atoms with Crippen LogP contribution in [-0.2, 0) is 4.79 Å². The first-order chi connectivity index (χ1) is 9.97. The minimum atomic E-state index is 0.0801. The molecule has 0 aliphatic heterocycles. The number of hydrogen-bond donors (Lipinski definition) is 1. The molecule has 1 atom stereocenters. The molecular formula is C17H24N2OS. The minimum absolute atomic E-state index is 0.0801. The van der Waals surface area contributed by atoms with E-state index in [2.05, 4.69) is 23.8 Å². The summed E-state index contributed by atoms with van der Waals surface area (Å²) in [6, 6.07) is 8.02. The van der Waals surface area contributed by atoms with Crippen molar-refractivity contribution in [3.63, 3.8) is 0 Å². The number of carbonyl (C=O) groups excluding carboxylic acids is 1. The zero-order valence-corrected chi connectivity index (χ0v) is 14.0. The van der Waals surface area contributed by atoms with Gasteiger partial charge in [-0.25, -0.2) is 4.98 Å². The highest BCUT2D eigenvalue weighted by Gasteiger charge is 2.21. The van der Waals surface area contributed by atoms with Crippen LogP contribution >= 0.6 is 11.8 Å². The highest BCUT2D eigenvalue weighted by atomic mass is 32.2. The topological polar surface area (TPSA) is 45.8 Å². The molecule has 1 heterocycles. The lowest BCUT2D eigenvalue weighted by molar-refractivity contribution is -0.121. The molecule has 1 N–H and O–H groups in total. The lowest BCUT2D eigenvalue weighted by Gasteiger charge is -2.16. The number of carbonyl (C=O) groups is 1. The van der Waals surface area contributed by atoms with E-state index in [0.29, 0.717) is 18.1 Å². The number of Topliss-reactive ketones (excluding diaryl/α,β-unsaturated/α-hetero) is 1.